The highest BCUT2D eigenvalue weighted by atomic mass is 19.1. The fourth-order valence-corrected chi connectivity index (χ4v) is 4.44. The van der Waals surface area contributed by atoms with E-state index in [2.05, 4.69) is 41.0 Å². The van der Waals surface area contributed by atoms with Gasteiger partial charge in [0.2, 0.25) is 0 Å². The zero-order valence-electron chi connectivity index (χ0n) is 19.0. The summed E-state index contributed by atoms with van der Waals surface area (Å²) < 4.78 is 14.0. The van der Waals surface area contributed by atoms with E-state index in [9.17, 15) is 4.39 Å². The third-order valence-electron chi connectivity index (χ3n) is 6.26. The molecule has 8 heteroatoms. The number of guanidine groups is 1. The van der Waals surface area contributed by atoms with Crippen LogP contribution in [0.25, 0.3) is 0 Å². The second-order valence-electron chi connectivity index (χ2n) is 8.27. The number of benzene rings is 1. The molecule has 0 unspecified atom stereocenters. The molecule has 0 aliphatic carbocycles. The van der Waals surface area contributed by atoms with Crippen LogP contribution in [0.15, 0.2) is 53.7 Å². The van der Waals surface area contributed by atoms with Gasteiger partial charge < -0.3 is 20.0 Å². The minimum absolute atomic E-state index is 0.127. The van der Waals surface area contributed by atoms with Crippen molar-refractivity contribution in [1.82, 2.24) is 20.1 Å². The Balaban J connectivity index is 1.14. The Hall–Kier alpha value is -2.87. The van der Waals surface area contributed by atoms with Crippen molar-refractivity contribution in [2.75, 3.05) is 82.3 Å². The summed E-state index contributed by atoms with van der Waals surface area (Å²) in [5.74, 6) is 1.90. The van der Waals surface area contributed by atoms with E-state index in [0.29, 0.717) is 0 Å². The van der Waals surface area contributed by atoms with Crippen LogP contribution in [0.2, 0.25) is 0 Å². The smallest absolute Gasteiger partial charge is 0.193 e. The molecule has 2 aromatic rings. The summed E-state index contributed by atoms with van der Waals surface area (Å²) >= 11 is 0. The lowest BCUT2D eigenvalue weighted by molar-refractivity contribution is 0.254. The number of aliphatic imine (C=N–C) groups is 1. The molecule has 2 fully saturated rings. The monoisotopic (exact) mass is 439 g/mol. The molecule has 32 heavy (non-hydrogen) atoms. The molecule has 7 nitrogen and oxygen atoms in total. The van der Waals surface area contributed by atoms with Gasteiger partial charge >= 0.3 is 0 Å². The Morgan fingerprint density at radius 2 is 1.66 bits per heavy atom. The molecule has 172 valence electrons. The molecule has 1 N–H and O–H groups in total. The summed E-state index contributed by atoms with van der Waals surface area (Å²) in [6.45, 7) is 9.41. The maximum Gasteiger partial charge on any atom is 0.193 e. The van der Waals surface area contributed by atoms with Crippen LogP contribution in [0, 0.1) is 5.82 Å². The summed E-state index contributed by atoms with van der Waals surface area (Å²) in [5, 5.41) is 3.53. The molecule has 4 rings (SSSR count). The molecular formula is C24H34FN7. The number of hydrogen-bond donors (Lipinski definition) is 1. The van der Waals surface area contributed by atoms with Gasteiger partial charge in [0.05, 0.1) is 5.69 Å². The molecule has 0 bridgehead atoms. The van der Waals surface area contributed by atoms with Crippen LogP contribution in [0.3, 0.4) is 0 Å². The van der Waals surface area contributed by atoms with Crippen molar-refractivity contribution in [1.29, 1.82) is 0 Å². The Morgan fingerprint density at radius 1 is 0.938 bits per heavy atom. The van der Waals surface area contributed by atoms with Crippen LogP contribution < -0.4 is 15.1 Å². The van der Waals surface area contributed by atoms with E-state index in [1.54, 1.807) is 12.1 Å². The predicted molar refractivity (Wildman–Crippen MR) is 129 cm³/mol. The van der Waals surface area contributed by atoms with E-state index in [1.807, 2.05) is 37.5 Å². The molecule has 3 heterocycles. The number of nitrogens with one attached hydrogen (secondary N) is 1. The molecule has 1 aromatic heterocycles. The van der Waals surface area contributed by atoms with Crippen molar-refractivity contribution in [3.63, 3.8) is 0 Å². The Kier molecular flexibility index (Phi) is 7.77. The number of hydrogen-bond acceptors (Lipinski definition) is 5. The number of nitrogens with zero attached hydrogens (tertiary/aromatic N) is 6. The normalized spacial score (nSPS) is 18.2. The van der Waals surface area contributed by atoms with E-state index in [1.165, 1.54) is 0 Å². The lowest BCUT2D eigenvalue weighted by Gasteiger charge is -2.37. The quantitative estimate of drug-likeness (QED) is 0.423. The van der Waals surface area contributed by atoms with Crippen LogP contribution in [-0.4, -0.2) is 93.2 Å². The standard InChI is InChI=1S/C24H34FN7/c1-26-24(32-19-17-31(18-20-32)23-9-4-5-10-27-23)28-11-6-12-29-13-15-30(16-14-29)22-8-3-2-7-21(22)25/h2-5,7-10H,6,11-20H2,1H3,(H,26,28). The molecule has 2 aliphatic heterocycles. The van der Waals surface area contributed by atoms with Gasteiger partial charge in [-0.15, -0.1) is 0 Å². The highest BCUT2D eigenvalue weighted by molar-refractivity contribution is 5.80. The third kappa shape index (κ3) is 5.68. The number of pyridine rings is 1. The fraction of sp³-hybridized carbons (Fsp3) is 0.500. The maximum atomic E-state index is 14.0. The number of para-hydroxylation sites is 1. The van der Waals surface area contributed by atoms with E-state index in [4.69, 9.17) is 0 Å². The van der Waals surface area contributed by atoms with Crippen LogP contribution in [0.5, 0.6) is 0 Å². The van der Waals surface area contributed by atoms with Gasteiger partial charge in [0.25, 0.3) is 0 Å². The number of rotatable bonds is 6. The van der Waals surface area contributed by atoms with Crippen LogP contribution in [0.4, 0.5) is 15.9 Å². The molecule has 1 aromatic carbocycles. The second-order valence-corrected chi connectivity index (χ2v) is 8.27. The fourth-order valence-electron chi connectivity index (χ4n) is 4.44. The summed E-state index contributed by atoms with van der Waals surface area (Å²) in [6.07, 6.45) is 2.91. The van der Waals surface area contributed by atoms with Crippen molar-refractivity contribution in [3.8, 4) is 0 Å². The first kappa shape index (κ1) is 22.3. The first-order valence-corrected chi connectivity index (χ1v) is 11.6. The maximum absolute atomic E-state index is 14.0. The minimum Gasteiger partial charge on any atom is -0.367 e. The van der Waals surface area contributed by atoms with Gasteiger partial charge in [-0.05, 0) is 37.2 Å². The summed E-state index contributed by atoms with van der Waals surface area (Å²) in [4.78, 5) is 18.2. The second kappa shape index (κ2) is 11.1. The first-order valence-electron chi connectivity index (χ1n) is 11.6. The van der Waals surface area contributed by atoms with Gasteiger partial charge in [0, 0.05) is 72.1 Å². The Bertz CT molecular complexity index is 860. The van der Waals surface area contributed by atoms with Gasteiger partial charge in [-0.2, -0.15) is 0 Å². The SMILES string of the molecule is CN=C(NCCCN1CCN(c2ccccc2F)CC1)N1CCN(c2ccccn2)CC1. The summed E-state index contributed by atoms with van der Waals surface area (Å²) in [7, 11) is 1.86. The van der Waals surface area contributed by atoms with Crippen molar-refractivity contribution in [3.05, 3.63) is 54.5 Å². The number of aromatic nitrogens is 1. The third-order valence-corrected chi connectivity index (χ3v) is 6.26. The topological polar surface area (TPSA) is 50.2 Å². The molecule has 0 amide bonds. The van der Waals surface area contributed by atoms with Crippen LogP contribution in [0.1, 0.15) is 6.42 Å². The molecular weight excluding hydrogens is 405 g/mol. The zero-order valence-corrected chi connectivity index (χ0v) is 19.0. The zero-order chi connectivity index (χ0) is 22.2. The largest absolute Gasteiger partial charge is 0.367 e. The Labute approximate surface area is 190 Å². The van der Waals surface area contributed by atoms with Crippen molar-refractivity contribution in [2.45, 2.75) is 6.42 Å². The van der Waals surface area contributed by atoms with E-state index in [0.717, 1.165) is 89.3 Å². The van der Waals surface area contributed by atoms with Gasteiger partial charge in [0.1, 0.15) is 11.6 Å². The van der Waals surface area contributed by atoms with Gasteiger partial charge in [-0.3, -0.25) is 9.89 Å². The molecule has 2 aliphatic rings. The van der Waals surface area contributed by atoms with E-state index >= 15 is 0 Å². The molecule has 0 atom stereocenters. The summed E-state index contributed by atoms with van der Waals surface area (Å²) in [6, 6.07) is 13.1. The molecule has 0 saturated carbocycles. The number of piperazine rings is 2. The van der Waals surface area contributed by atoms with Crippen molar-refractivity contribution in [2.24, 2.45) is 4.99 Å². The Morgan fingerprint density at radius 3 is 2.34 bits per heavy atom. The lowest BCUT2D eigenvalue weighted by Crippen LogP contribution is -2.53. The van der Waals surface area contributed by atoms with Crippen LogP contribution in [-0.2, 0) is 0 Å². The number of anilines is 2. The minimum atomic E-state index is -0.127. The van der Waals surface area contributed by atoms with Gasteiger partial charge in [0.15, 0.2) is 5.96 Å². The molecule has 0 spiro atoms. The molecule has 0 radical (unpaired) electrons. The van der Waals surface area contributed by atoms with E-state index < -0.39 is 0 Å². The highest BCUT2D eigenvalue weighted by Crippen LogP contribution is 2.20. The average Bonchev–Trinajstić information content (AvgIpc) is 2.86. The lowest BCUT2D eigenvalue weighted by atomic mass is 10.2. The number of halogens is 1. The summed E-state index contributed by atoms with van der Waals surface area (Å²) in [5.41, 5.74) is 0.723. The first-order chi connectivity index (χ1) is 15.7. The molecule has 2 saturated heterocycles. The average molecular weight is 440 g/mol. The van der Waals surface area contributed by atoms with Gasteiger partial charge in [-0.1, -0.05) is 18.2 Å². The van der Waals surface area contributed by atoms with Gasteiger partial charge in [-0.25, -0.2) is 9.37 Å². The van der Waals surface area contributed by atoms with Crippen molar-refractivity contribution < 1.29 is 4.39 Å². The van der Waals surface area contributed by atoms with Crippen molar-refractivity contribution >= 4 is 17.5 Å². The van der Waals surface area contributed by atoms with E-state index in [-0.39, 0.29) is 5.82 Å². The van der Waals surface area contributed by atoms with Crippen LogP contribution >= 0.6 is 0 Å². The predicted octanol–water partition coefficient (Wildman–Crippen LogP) is 2.13. The highest BCUT2D eigenvalue weighted by Gasteiger charge is 2.21.